The van der Waals surface area contributed by atoms with Crippen LogP contribution in [0.15, 0.2) is 5.16 Å². The number of hydrogen-bond acceptors (Lipinski definition) is 5. The van der Waals surface area contributed by atoms with E-state index in [2.05, 4.69) is 15.4 Å². The fraction of sp³-hybridized carbons (Fsp3) is 0.929. The van der Waals surface area contributed by atoms with E-state index in [0.29, 0.717) is 5.84 Å². The van der Waals surface area contributed by atoms with Gasteiger partial charge in [-0.05, 0) is 19.4 Å². The molecule has 1 aliphatic rings. The summed E-state index contributed by atoms with van der Waals surface area (Å²) in [6, 6.07) is 0. The first-order chi connectivity index (χ1) is 9.56. The summed E-state index contributed by atoms with van der Waals surface area (Å²) in [5.74, 6) is 0.317. The Morgan fingerprint density at radius 3 is 2.65 bits per heavy atom. The average Bonchev–Trinajstić information content (AvgIpc) is 2.46. The van der Waals surface area contributed by atoms with E-state index in [-0.39, 0.29) is 5.41 Å². The van der Waals surface area contributed by atoms with Gasteiger partial charge in [0, 0.05) is 31.6 Å². The van der Waals surface area contributed by atoms with Gasteiger partial charge in [-0.2, -0.15) is 0 Å². The monoisotopic (exact) mass is 286 g/mol. The van der Waals surface area contributed by atoms with Crippen LogP contribution in [-0.4, -0.2) is 61.9 Å². The van der Waals surface area contributed by atoms with Crippen LogP contribution in [0.4, 0.5) is 0 Å². The summed E-state index contributed by atoms with van der Waals surface area (Å²) in [6.07, 6.45) is 3.13. The number of ether oxygens (including phenoxy) is 1. The first-order valence-corrected chi connectivity index (χ1v) is 7.55. The highest BCUT2D eigenvalue weighted by molar-refractivity contribution is 5.85. The molecule has 20 heavy (non-hydrogen) atoms. The Kier molecular flexibility index (Phi) is 7.87. The normalized spacial score (nSPS) is 18.4. The molecule has 0 aromatic carbocycles. The molecule has 0 spiro atoms. The Morgan fingerprint density at radius 1 is 1.30 bits per heavy atom. The molecule has 1 aliphatic heterocycles. The highest BCUT2D eigenvalue weighted by Crippen LogP contribution is 2.22. The molecule has 118 valence electrons. The number of amidine groups is 1. The highest BCUT2D eigenvalue weighted by atomic mass is 16.5. The Morgan fingerprint density at radius 2 is 2.00 bits per heavy atom. The third kappa shape index (κ3) is 6.54. The molecule has 0 aromatic heterocycles. The predicted octanol–water partition coefficient (Wildman–Crippen LogP) is 0.851. The van der Waals surface area contributed by atoms with Gasteiger partial charge in [-0.3, -0.25) is 4.90 Å². The first kappa shape index (κ1) is 17.2. The molecule has 1 saturated heterocycles. The second-order valence-corrected chi connectivity index (χ2v) is 6.03. The van der Waals surface area contributed by atoms with Crippen LogP contribution in [0.1, 0.15) is 33.1 Å². The predicted molar refractivity (Wildman–Crippen MR) is 81.2 cm³/mol. The van der Waals surface area contributed by atoms with Crippen molar-refractivity contribution in [2.75, 3.05) is 45.9 Å². The fourth-order valence-electron chi connectivity index (χ4n) is 2.27. The molecule has 0 saturated carbocycles. The minimum atomic E-state index is -0.220. The third-order valence-corrected chi connectivity index (χ3v) is 3.91. The maximum atomic E-state index is 8.70. The van der Waals surface area contributed by atoms with Crippen LogP contribution >= 0.6 is 0 Å². The van der Waals surface area contributed by atoms with Gasteiger partial charge in [0.15, 0.2) is 0 Å². The highest BCUT2D eigenvalue weighted by Gasteiger charge is 2.22. The number of unbranched alkanes of at least 4 members (excludes halogenated alkanes) is 1. The van der Waals surface area contributed by atoms with Crippen LogP contribution in [0.25, 0.3) is 0 Å². The minimum Gasteiger partial charge on any atom is -0.409 e. The van der Waals surface area contributed by atoms with Gasteiger partial charge in [-0.25, -0.2) is 0 Å². The summed E-state index contributed by atoms with van der Waals surface area (Å²) >= 11 is 0. The zero-order valence-electron chi connectivity index (χ0n) is 12.9. The van der Waals surface area contributed by atoms with Crippen molar-refractivity contribution in [1.29, 1.82) is 0 Å². The molecule has 0 unspecified atom stereocenters. The van der Waals surface area contributed by atoms with Crippen molar-refractivity contribution in [2.24, 2.45) is 16.3 Å². The number of nitrogens with zero attached hydrogens (tertiary/aromatic N) is 2. The van der Waals surface area contributed by atoms with Gasteiger partial charge in [0.05, 0.1) is 13.2 Å². The molecule has 6 heteroatoms. The average molecular weight is 286 g/mol. The minimum absolute atomic E-state index is 0.220. The van der Waals surface area contributed by atoms with Gasteiger partial charge in [-0.15, -0.1) is 0 Å². The zero-order chi connectivity index (χ0) is 14.8. The Hall–Kier alpha value is -0.850. The van der Waals surface area contributed by atoms with E-state index >= 15 is 0 Å². The van der Waals surface area contributed by atoms with Crippen LogP contribution in [0.2, 0.25) is 0 Å². The summed E-state index contributed by atoms with van der Waals surface area (Å²) in [5, 5.41) is 15.3. The second kappa shape index (κ2) is 9.15. The Balaban J connectivity index is 1.97. The molecule has 0 amide bonds. The largest absolute Gasteiger partial charge is 0.409 e. The SMILES string of the molecule is CC(C)(CCCCNCCN1CCOCC1)C(N)=NO. The zero-order valence-corrected chi connectivity index (χ0v) is 12.9. The first-order valence-electron chi connectivity index (χ1n) is 7.55. The lowest BCUT2D eigenvalue weighted by atomic mass is 9.86. The molecule has 1 fully saturated rings. The fourth-order valence-corrected chi connectivity index (χ4v) is 2.27. The number of oxime groups is 1. The Bertz CT molecular complexity index is 289. The maximum Gasteiger partial charge on any atom is 0.144 e. The smallest absolute Gasteiger partial charge is 0.144 e. The molecular formula is C14H30N4O2. The van der Waals surface area contributed by atoms with Crippen LogP contribution in [0.3, 0.4) is 0 Å². The number of morpholine rings is 1. The quantitative estimate of drug-likeness (QED) is 0.192. The van der Waals surface area contributed by atoms with E-state index in [1.54, 1.807) is 0 Å². The topological polar surface area (TPSA) is 83.1 Å². The van der Waals surface area contributed by atoms with Gasteiger partial charge >= 0.3 is 0 Å². The van der Waals surface area contributed by atoms with Crippen LogP contribution < -0.4 is 11.1 Å². The lowest BCUT2D eigenvalue weighted by molar-refractivity contribution is 0.0384. The molecule has 1 rings (SSSR count). The molecule has 6 nitrogen and oxygen atoms in total. The van der Waals surface area contributed by atoms with Gasteiger partial charge in [0.25, 0.3) is 0 Å². The maximum absolute atomic E-state index is 8.70. The second-order valence-electron chi connectivity index (χ2n) is 6.03. The standard InChI is InChI=1S/C14H30N4O2/c1-14(2,13(15)17-19)5-3-4-6-16-7-8-18-9-11-20-12-10-18/h16,19H,3-12H2,1-2H3,(H2,15,17). The molecule has 0 aliphatic carbocycles. The van der Waals surface area contributed by atoms with Crippen LogP contribution in [0.5, 0.6) is 0 Å². The van der Waals surface area contributed by atoms with Crippen LogP contribution in [0, 0.1) is 5.41 Å². The lowest BCUT2D eigenvalue weighted by Gasteiger charge is -2.26. The van der Waals surface area contributed by atoms with Crippen molar-refractivity contribution >= 4 is 5.84 Å². The molecule has 1 heterocycles. The lowest BCUT2D eigenvalue weighted by Crippen LogP contribution is -2.40. The van der Waals surface area contributed by atoms with Crippen molar-refractivity contribution in [3.8, 4) is 0 Å². The molecule has 4 N–H and O–H groups in total. The summed E-state index contributed by atoms with van der Waals surface area (Å²) in [5.41, 5.74) is 5.44. The van der Waals surface area contributed by atoms with Crippen molar-refractivity contribution < 1.29 is 9.94 Å². The van der Waals surface area contributed by atoms with Gasteiger partial charge in [-0.1, -0.05) is 25.4 Å². The summed E-state index contributed by atoms with van der Waals surface area (Å²) in [4.78, 5) is 2.43. The number of nitrogens with one attached hydrogen (secondary N) is 1. The number of hydrogen-bond donors (Lipinski definition) is 3. The third-order valence-electron chi connectivity index (χ3n) is 3.91. The van der Waals surface area contributed by atoms with E-state index in [0.717, 1.165) is 65.2 Å². The summed E-state index contributed by atoms with van der Waals surface area (Å²) < 4.78 is 5.32. The van der Waals surface area contributed by atoms with E-state index in [4.69, 9.17) is 15.7 Å². The van der Waals surface area contributed by atoms with Crippen molar-refractivity contribution in [3.63, 3.8) is 0 Å². The number of rotatable bonds is 9. The van der Waals surface area contributed by atoms with Gasteiger partial charge in [0.2, 0.25) is 0 Å². The molecule has 0 bridgehead atoms. The van der Waals surface area contributed by atoms with E-state index in [1.165, 1.54) is 0 Å². The van der Waals surface area contributed by atoms with Gasteiger partial charge in [0.1, 0.15) is 5.84 Å². The molecule has 0 atom stereocenters. The molecular weight excluding hydrogens is 256 g/mol. The van der Waals surface area contributed by atoms with Crippen molar-refractivity contribution in [2.45, 2.75) is 33.1 Å². The summed E-state index contributed by atoms with van der Waals surface area (Å²) in [7, 11) is 0. The Labute approximate surface area is 122 Å². The van der Waals surface area contributed by atoms with Gasteiger partial charge < -0.3 is 21.0 Å². The molecule has 0 aromatic rings. The van der Waals surface area contributed by atoms with Crippen molar-refractivity contribution in [3.05, 3.63) is 0 Å². The number of nitrogens with two attached hydrogens (primary N) is 1. The van der Waals surface area contributed by atoms with Crippen molar-refractivity contribution in [1.82, 2.24) is 10.2 Å². The summed E-state index contributed by atoms with van der Waals surface area (Å²) in [6.45, 7) is 11.0. The molecule has 0 radical (unpaired) electrons. The van der Waals surface area contributed by atoms with Crippen LogP contribution in [-0.2, 0) is 4.74 Å². The van der Waals surface area contributed by atoms with E-state index in [1.807, 2.05) is 13.8 Å². The van der Waals surface area contributed by atoms with E-state index in [9.17, 15) is 0 Å². The van der Waals surface area contributed by atoms with E-state index < -0.39 is 0 Å².